The third-order valence-electron chi connectivity index (χ3n) is 3.85. The van der Waals surface area contributed by atoms with Crippen molar-refractivity contribution in [2.75, 3.05) is 25.0 Å². The first kappa shape index (κ1) is 19.9. The van der Waals surface area contributed by atoms with Gasteiger partial charge in [-0.25, -0.2) is 8.42 Å². The lowest BCUT2D eigenvalue weighted by Crippen LogP contribution is -2.30. The van der Waals surface area contributed by atoms with Crippen LogP contribution in [-0.2, 0) is 10.0 Å². The van der Waals surface area contributed by atoms with Gasteiger partial charge in [0.1, 0.15) is 6.07 Å². The average molecular weight is 376 g/mol. The molecule has 1 aromatic carbocycles. The molecule has 0 aliphatic carbocycles. The van der Waals surface area contributed by atoms with E-state index in [9.17, 15) is 13.7 Å². The topological polar surface area (TPSA) is 99.2 Å². The second kappa shape index (κ2) is 8.34. The molecule has 0 unspecified atom stereocenters. The Morgan fingerprint density at radius 2 is 1.85 bits per heavy atom. The van der Waals surface area contributed by atoms with Gasteiger partial charge in [0.15, 0.2) is 0 Å². The van der Waals surface area contributed by atoms with Crippen LogP contribution in [0.2, 0.25) is 0 Å². The average Bonchev–Trinajstić information content (AvgIpc) is 3.04. The molecule has 2 rings (SSSR count). The predicted molar refractivity (Wildman–Crippen MR) is 100 cm³/mol. The van der Waals surface area contributed by atoms with Crippen LogP contribution in [0.5, 0.6) is 0 Å². The number of nitrogens with one attached hydrogen (secondary N) is 1. The molecule has 2 aromatic rings. The molecule has 0 aliphatic heterocycles. The van der Waals surface area contributed by atoms with Gasteiger partial charge in [-0.05, 0) is 30.2 Å². The van der Waals surface area contributed by atoms with Crippen molar-refractivity contribution < 1.29 is 12.8 Å². The minimum absolute atomic E-state index is 0.181. The van der Waals surface area contributed by atoms with Crippen LogP contribution < -0.4 is 5.32 Å². The van der Waals surface area contributed by atoms with E-state index in [-0.39, 0.29) is 16.5 Å². The summed E-state index contributed by atoms with van der Waals surface area (Å²) in [7, 11) is -3.51. The summed E-state index contributed by atoms with van der Waals surface area (Å²) in [5, 5.41) is 12.3. The maximum absolute atomic E-state index is 12.5. The molecule has 0 radical (unpaired) electrons. The molecule has 1 aromatic heterocycles. The Hall–Kier alpha value is -2.37. The van der Waals surface area contributed by atoms with Crippen LogP contribution in [-0.4, -0.2) is 37.3 Å². The Morgan fingerprint density at radius 1 is 1.23 bits per heavy atom. The van der Waals surface area contributed by atoms with Gasteiger partial charge in [0, 0.05) is 25.2 Å². The standard InChI is InChI=1S/C18H24N4O3S/c1-5-22(6-2)26(23,24)15-9-7-14(8-10-15)17-21-16(11-19)18(25-17)20-12-13(3)4/h7-10,13,20H,5-6,12H2,1-4H3. The number of hydrogen-bond donors (Lipinski definition) is 1. The SMILES string of the molecule is CCN(CC)S(=O)(=O)c1ccc(-c2nc(C#N)c(NCC(C)C)o2)cc1. The quantitative estimate of drug-likeness (QED) is 0.759. The van der Waals surface area contributed by atoms with Crippen molar-refractivity contribution in [3.8, 4) is 17.5 Å². The molecular formula is C18H24N4O3S. The van der Waals surface area contributed by atoms with Crippen LogP contribution in [0.15, 0.2) is 33.6 Å². The van der Waals surface area contributed by atoms with E-state index in [1.165, 1.54) is 16.4 Å². The molecule has 7 nitrogen and oxygen atoms in total. The van der Waals surface area contributed by atoms with Gasteiger partial charge < -0.3 is 9.73 Å². The zero-order valence-corrected chi connectivity index (χ0v) is 16.3. The summed E-state index contributed by atoms with van der Waals surface area (Å²) in [6.45, 7) is 9.18. The molecular weight excluding hydrogens is 352 g/mol. The molecule has 26 heavy (non-hydrogen) atoms. The molecule has 0 saturated carbocycles. The van der Waals surface area contributed by atoms with E-state index in [2.05, 4.69) is 10.3 Å². The second-order valence-electron chi connectivity index (χ2n) is 6.20. The summed E-state index contributed by atoms with van der Waals surface area (Å²) in [5.74, 6) is 0.996. The van der Waals surface area contributed by atoms with Gasteiger partial charge >= 0.3 is 0 Å². The maximum atomic E-state index is 12.5. The van der Waals surface area contributed by atoms with Crippen molar-refractivity contribution in [3.63, 3.8) is 0 Å². The zero-order chi connectivity index (χ0) is 19.3. The fourth-order valence-corrected chi connectivity index (χ4v) is 3.88. The van der Waals surface area contributed by atoms with E-state index < -0.39 is 10.0 Å². The third-order valence-corrected chi connectivity index (χ3v) is 5.91. The van der Waals surface area contributed by atoms with Crippen molar-refractivity contribution >= 4 is 15.9 Å². The van der Waals surface area contributed by atoms with Crippen molar-refractivity contribution in [1.29, 1.82) is 5.26 Å². The van der Waals surface area contributed by atoms with Crippen LogP contribution in [0.3, 0.4) is 0 Å². The molecule has 0 atom stereocenters. The van der Waals surface area contributed by atoms with Gasteiger partial charge in [-0.1, -0.05) is 27.7 Å². The Balaban J connectivity index is 2.30. The van der Waals surface area contributed by atoms with Crippen molar-refractivity contribution in [3.05, 3.63) is 30.0 Å². The minimum atomic E-state index is -3.51. The fraction of sp³-hybridized carbons (Fsp3) is 0.444. The number of oxazole rings is 1. The molecule has 0 aliphatic rings. The van der Waals surface area contributed by atoms with Crippen molar-refractivity contribution in [1.82, 2.24) is 9.29 Å². The number of hydrogen-bond acceptors (Lipinski definition) is 6. The molecule has 140 valence electrons. The van der Waals surface area contributed by atoms with Gasteiger partial charge in [0.05, 0.1) is 4.90 Å². The normalized spacial score (nSPS) is 11.7. The first-order valence-corrected chi connectivity index (χ1v) is 10.0. The van der Waals surface area contributed by atoms with Crippen LogP contribution in [0.4, 0.5) is 5.88 Å². The fourth-order valence-electron chi connectivity index (χ4n) is 2.42. The van der Waals surface area contributed by atoms with Crippen LogP contribution in [0.25, 0.3) is 11.5 Å². The Labute approximate surface area is 154 Å². The maximum Gasteiger partial charge on any atom is 0.243 e. The molecule has 1 N–H and O–H groups in total. The van der Waals surface area contributed by atoms with Crippen molar-refractivity contribution in [2.24, 2.45) is 5.92 Å². The number of benzene rings is 1. The Kier molecular flexibility index (Phi) is 6.40. The predicted octanol–water partition coefficient (Wildman–Crippen LogP) is 3.31. The van der Waals surface area contributed by atoms with E-state index in [1.807, 2.05) is 19.9 Å². The first-order valence-electron chi connectivity index (χ1n) is 8.58. The Bertz CT molecular complexity index is 876. The van der Waals surface area contributed by atoms with Crippen LogP contribution in [0, 0.1) is 17.2 Å². The highest BCUT2D eigenvalue weighted by molar-refractivity contribution is 7.89. The number of anilines is 1. The smallest absolute Gasteiger partial charge is 0.243 e. The highest BCUT2D eigenvalue weighted by atomic mass is 32.2. The molecule has 8 heteroatoms. The number of nitrogens with zero attached hydrogens (tertiary/aromatic N) is 3. The number of rotatable bonds is 8. The van der Waals surface area contributed by atoms with E-state index in [4.69, 9.17) is 4.42 Å². The zero-order valence-electron chi connectivity index (χ0n) is 15.5. The number of nitriles is 1. The lowest BCUT2D eigenvalue weighted by Gasteiger charge is -2.18. The van der Waals surface area contributed by atoms with E-state index in [0.29, 0.717) is 37.0 Å². The molecule has 0 spiro atoms. The minimum Gasteiger partial charge on any atom is -0.419 e. The van der Waals surface area contributed by atoms with E-state index in [1.54, 1.807) is 26.0 Å². The van der Waals surface area contributed by atoms with Gasteiger partial charge in [-0.15, -0.1) is 0 Å². The summed E-state index contributed by atoms with van der Waals surface area (Å²) in [4.78, 5) is 4.40. The van der Waals surface area contributed by atoms with Crippen LogP contribution in [0.1, 0.15) is 33.4 Å². The summed E-state index contributed by atoms with van der Waals surface area (Å²) < 4.78 is 32.1. The molecule has 0 bridgehead atoms. The Morgan fingerprint density at radius 3 is 2.35 bits per heavy atom. The van der Waals surface area contributed by atoms with Gasteiger partial charge in [-0.2, -0.15) is 14.6 Å². The third kappa shape index (κ3) is 4.23. The summed E-state index contributed by atoms with van der Waals surface area (Å²) in [6, 6.07) is 8.33. The molecule has 0 amide bonds. The number of aromatic nitrogens is 1. The van der Waals surface area contributed by atoms with Crippen molar-refractivity contribution in [2.45, 2.75) is 32.6 Å². The largest absolute Gasteiger partial charge is 0.419 e. The molecule has 0 saturated heterocycles. The van der Waals surface area contributed by atoms with E-state index >= 15 is 0 Å². The summed E-state index contributed by atoms with van der Waals surface area (Å²) in [6.07, 6.45) is 0. The first-order chi connectivity index (χ1) is 12.3. The highest BCUT2D eigenvalue weighted by Gasteiger charge is 2.22. The van der Waals surface area contributed by atoms with E-state index in [0.717, 1.165) is 0 Å². The lowest BCUT2D eigenvalue weighted by atomic mass is 10.2. The highest BCUT2D eigenvalue weighted by Crippen LogP contribution is 2.27. The monoisotopic (exact) mass is 376 g/mol. The molecule has 1 heterocycles. The van der Waals surface area contributed by atoms with Gasteiger partial charge in [0.2, 0.25) is 27.5 Å². The summed E-state index contributed by atoms with van der Waals surface area (Å²) >= 11 is 0. The van der Waals surface area contributed by atoms with Gasteiger partial charge in [0.25, 0.3) is 0 Å². The number of sulfonamides is 1. The summed E-state index contributed by atoms with van der Waals surface area (Å²) in [5.41, 5.74) is 0.790. The lowest BCUT2D eigenvalue weighted by molar-refractivity contribution is 0.445. The van der Waals surface area contributed by atoms with Crippen LogP contribution >= 0.6 is 0 Å². The molecule has 0 fully saturated rings. The second-order valence-corrected chi connectivity index (χ2v) is 8.13. The van der Waals surface area contributed by atoms with Gasteiger partial charge in [-0.3, -0.25) is 0 Å².